The van der Waals surface area contributed by atoms with Gasteiger partial charge in [-0.15, -0.1) is 11.8 Å². The van der Waals surface area contributed by atoms with E-state index in [0.29, 0.717) is 11.6 Å². The molecule has 1 aliphatic rings. The van der Waals surface area contributed by atoms with Crippen LogP contribution in [0.25, 0.3) is 17.8 Å². The smallest absolute Gasteiger partial charge is 0.174 e. The van der Waals surface area contributed by atoms with Crippen LogP contribution >= 0.6 is 11.8 Å². The summed E-state index contributed by atoms with van der Waals surface area (Å²) in [7, 11) is 1.66. The van der Waals surface area contributed by atoms with Gasteiger partial charge in [0.25, 0.3) is 0 Å². The molecule has 2 aromatic carbocycles. The summed E-state index contributed by atoms with van der Waals surface area (Å²) >= 11 is 1.69. The molecule has 4 aromatic rings. The summed E-state index contributed by atoms with van der Waals surface area (Å²) in [6, 6.07) is 16.8. The van der Waals surface area contributed by atoms with Crippen molar-refractivity contribution in [2.24, 2.45) is 0 Å². The normalized spacial score (nSPS) is 17.3. The van der Waals surface area contributed by atoms with E-state index in [0.717, 1.165) is 47.6 Å². The molecule has 0 saturated heterocycles. The fraction of sp³-hybridized carbons (Fsp3) is 0.259. The zero-order valence-corrected chi connectivity index (χ0v) is 20.8. The zero-order valence-electron chi connectivity index (χ0n) is 20.0. The molecule has 0 spiro atoms. The molecule has 0 N–H and O–H groups in total. The quantitative estimate of drug-likeness (QED) is 0.348. The SMILES string of the molecule is COc1cc(C=Cc2nc3n(n2)CCCC3(C#N)c2ccc(SC)cc2)ccc1-n1cnc(C)c1. The molecule has 0 bridgehead atoms. The summed E-state index contributed by atoms with van der Waals surface area (Å²) in [4.78, 5) is 10.3. The number of hydrogen-bond donors (Lipinski definition) is 0. The van der Waals surface area contributed by atoms with Crippen LogP contribution in [0.3, 0.4) is 0 Å². The number of benzene rings is 2. The minimum atomic E-state index is -0.790. The van der Waals surface area contributed by atoms with Crippen LogP contribution in [0.2, 0.25) is 0 Å². The fourth-order valence-electron chi connectivity index (χ4n) is 4.56. The second kappa shape index (κ2) is 9.43. The maximum Gasteiger partial charge on any atom is 0.174 e. The van der Waals surface area contributed by atoms with Crippen LogP contribution in [0.15, 0.2) is 59.9 Å². The minimum absolute atomic E-state index is 0.593. The highest BCUT2D eigenvalue weighted by atomic mass is 32.2. The molecule has 0 aliphatic carbocycles. The molecule has 176 valence electrons. The largest absolute Gasteiger partial charge is 0.495 e. The molecule has 5 rings (SSSR count). The van der Waals surface area contributed by atoms with E-state index in [1.807, 2.05) is 71.1 Å². The molecule has 35 heavy (non-hydrogen) atoms. The Balaban J connectivity index is 1.45. The maximum absolute atomic E-state index is 10.3. The van der Waals surface area contributed by atoms with Gasteiger partial charge in [0.2, 0.25) is 0 Å². The standard InChI is InChI=1S/C27H26N6OS/c1-19-16-32(18-29-19)23-11-5-20(15-24(23)34-2)6-12-25-30-26-27(17-28,13-4-14-33(26)31-25)21-7-9-22(35-3)10-8-21/h5-12,15-16,18H,4,13-14H2,1-3H3. The van der Waals surface area contributed by atoms with Crippen molar-refractivity contribution in [1.82, 2.24) is 24.3 Å². The van der Waals surface area contributed by atoms with E-state index in [9.17, 15) is 5.26 Å². The number of ether oxygens (including phenoxy) is 1. The van der Waals surface area contributed by atoms with Gasteiger partial charge in [-0.2, -0.15) is 10.4 Å². The van der Waals surface area contributed by atoms with Crippen LogP contribution in [0.5, 0.6) is 5.75 Å². The number of methoxy groups -OCH3 is 1. The third-order valence-electron chi connectivity index (χ3n) is 6.38. The molecule has 1 atom stereocenters. The average Bonchev–Trinajstić information content (AvgIpc) is 3.53. The van der Waals surface area contributed by atoms with Crippen molar-refractivity contribution in [2.75, 3.05) is 13.4 Å². The van der Waals surface area contributed by atoms with Crippen molar-refractivity contribution in [3.8, 4) is 17.5 Å². The first kappa shape index (κ1) is 22.9. The molecular formula is C27H26N6OS. The van der Waals surface area contributed by atoms with E-state index < -0.39 is 5.41 Å². The summed E-state index contributed by atoms with van der Waals surface area (Å²) in [6.45, 7) is 2.72. The van der Waals surface area contributed by atoms with E-state index in [1.165, 1.54) is 4.90 Å². The Morgan fingerprint density at radius 3 is 2.69 bits per heavy atom. The highest BCUT2D eigenvalue weighted by Gasteiger charge is 2.42. The monoisotopic (exact) mass is 482 g/mol. The summed E-state index contributed by atoms with van der Waals surface area (Å²) < 4.78 is 9.45. The number of hydrogen-bond acceptors (Lipinski definition) is 6. The number of imidazole rings is 1. The molecule has 1 unspecified atom stereocenters. The van der Waals surface area contributed by atoms with Gasteiger partial charge in [0.1, 0.15) is 11.2 Å². The molecule has 0 radical (unpaired) electrons. The minimum Gasteiger partial charge on any atom is -0.495 e. The van der Waals surface area contributed by atoms with Gasteiger partial charge in [-0.3, -0.25) is 0 Å². The van der Waals surface area contributed by atoms with Crippen molar-refractivity contribution < 1.29 is 4.74 Å². The molecule has 2 aromatic heterocycles. The fourth-order valence-corrected chi connectivity index (χ4v) is 4.97. The lowest BCUT2D eigenvalue weighted by Crippen LogP contribution is -2.34. The number of aromatic nitrogens is 5. The Hall–Kier alpha value is -3.83. The van der Waals surface area contributed by atoms with Crippen LogP contribution in [0.1, 0.15) is 41.3 Å². The second-order valence-electron chi connectivity index (χ2n) is 8.55. The molecule has 0 amide bonds. The summed E-state index contributed by atoms with van der Waals surface area (Å²) in [5.74, 6) is 2.06. The van der Waals surface area contributed by atoms with Crippen molar-refractivity contribution in [2.45, 2.75) is 36.6 Å². The summed E-state index contributed by atoms with van der Waals surface area (Å²) in [5.41, 5.74) is 3.01. The molecule has 1 aliphatic heterocycles. The van der Waals surface area contributed by atoms with Crippen molar-refractivity contribution >= 4 is 23.9 Å². The van der Waals surface area contributed by atoms with Gasteiger partial charge in [0.05, 0.1) is 30.9 Å². The molecule has 7 nitrogen and oxygen atoms in total. The van der Waals surface area contributed by atoms with Crippen LogP contribution in [-0.4, -0.2) is 37.7 Å². The van der Waals surface area contributed by atoms with Crippen molar-refractivity contribution in [3.05, 3.63) is 83.5 Å². The first-order valence-corrected chi connectivity index (χ1v) is 12.7. The predicted octanol–water partition coefficient (Wildman–Crippen LogP) is 5.28. The van der Waals surface area contributed by atoms with Gasteiger partial charge in [0.15, 0.2) is 11.6 Å². The number of aryl methyl sites for hydroxylation is 2. The lowest BCUT2D eigenvalue weighted by atomic mass is 9.75. The van der Waals surface area contributed by atoms with E-state index in [1.54, 1.807) is 25.2 Å². The Bertz CT molecular complexity index is 1430. The third kappa shape index (κ3) is 4.24. The van der Waals surface area contributed by atoms with Gasteiger partial charge >= 0.3 is 0 Å². The molecule has 0 saturated carbocycles. The van der Waals surface area contributed by atoms with E-state index in [4.69, 9.17) is 14.8 Å². The Labute approximate surface area is 209 Å². The summed E-state index contributed by atoms with van der Waals surface area (Å²) in [5, 5.41) is 15.0. The molecule has 8 heteroatoms. The number of nitriles is 1. The number of fused-ring (bicyclic) bond motifs is 1. The van der Waals surface area contributed by atoms with E-state index in [2.05, 4.69) is 23.2 Å². The van der Waals surface area contributed by atoms with Gasteiger partial charge in [-0.1, -0.05) is 24.3 Å². The third-order valence-corrected chi connectivity index (χ3v) is 7.13. The number of thioether (sulfide) groups is 1. The molecule has 0 fully saturated rings. The molecular weight excluding hydrogens is 456 g/mol. The van der Waals surface area contributed by atoms with Crippen LogP contribution < -0.4 is 4.74 Å². The van der Waals surface area contributed by atoms with Gasteiger partial charge in [-0.25, -0.2) is 14.6 Å². The highest BCUT2D eigenvalue weighted by molar-refractivity contribution is 7.98. The number of nitrogens with zero attached hydrogens (tertiary/aromatic N) is 6. The number of rotatable bonds is 6. The van der Waals surface area contributed by atoms with Crippen molar-refractivity contribution in [1.29, 1.82) is 5.26 Å². The average molecular weight is 483 g/mol. The van der Waals surface area contributed by atoms with Gasteiger partial charge in [0, 0.05) is 17.6 Å². The van der Waals surface area contributed by atoms with Gasteiger partial charge in [-0.05, 0) is 67.5 Å². The molecule has 3 heterocycles. The Morgan fingerprint density at radius 2 is 2.00 bits per heavy atom. The lowest BCUT2D eigenvalue weighted by Gasteiger charge is -2.30. The lowest BCUT2D eigenvalue weighted by molar-refractivity contribution is 0.393. The topological polar surface area (TPSA) is 81.5 Å². The van der Waals surface area contributed by atoms with Gasteiger partial charge < -0.3 is 9.30 Å². The van der Waals surface area contributed by atoms with Crippen LogP contribution in [0, 0.1) is 18.3 Å². The predicted molar refractivity (Wildman–Crippen MR) is 138 cm³/mol. The first-order valence-electron chi connectivity index (χ1n) is 11.4. The van der Waals surface area contributed by atoms with E-state index in [-0.39, 0.29) is 0 Å². The first-order chi connectivity index (χ1) is 17.1. The maximum atomic E-state index is 10.3. The second-order valence-corrected chi connectivity index (χ2v) is 9.43. The highest BCUT2D eigenvalue weighted by Crippen LogP contribution is 2.39. The Morgan fingerprint density at radius 1 is 1.17 bits per heavy atom. The zero-order chi connectivity index (χ0) is 24.4. The van der Waals surface area contributed by atoms with E-state index >= 15 is 0 Å². The van der Waals surface area contributed by atoms with Crippen molar-refractivity contribution in [3.63, 3.8) is 0 Å². The van der Waals surface area contributed by atoms with Crippen LogP contribution in [0.4, 0.5) is 0 Å². The van der Waals surface area contributed by atoms with Crippen LogP contribution in [-0.2, 0) is 12.0 Å². The summed E-state index contributed by atoms with van der Waals surface area (Å²) in [6.07, 6.45) is 11.3. The Kier molecular flexibility index (Phi) is 6.18.